The molecule has 2 aromatic rings. The molecule has 0 spiro atoms. The first-order chi connectivity index (χ1) is 12.5. The second-order valence-electron chi connectivity index (χ2n) is 7.24. The summed E-state index contributed by atoms with van der Waals surface area (Å²) in [7, 11) is 0. The molecule has 0 radical (unpaired) electrons. The molecule has 26 heavy (non-hydrogen) atoms. The van der Waals surface area contributed by atoms with Crippen LogP contribution in [0.2, 0.25) is 0 Å². The van der Waals surface area contributed by atoms with Gasteiger partial charge in [-0.1, -0.05) is 0 Å². The number of rotatable bonds is 5. The number of ether oxygens (including phenoxy) is 2. The minimum absolute atomic E-state index is 0.245. The lowest BCUT2D eigenvalue weighted by Gasteiger charge is -2.28. The molecule has 6 heteroatoms. The molecule has 2 aliphatic heterocycles. The molecule has 6 nitrogen and oxygen atoms in total. The molecule has 3 heterocycles. The Morgan fingerprint density at radius 1 is 1.19 bits per heavy atom. The number of pyridine rings is 1. The fourth-order valence-corrected chi connectivity index (χ4v) is 3.03. The van der Waals surface area contributed by atoms with Gasteiger partial charge in [0.15, 0.2) is 0 Å². The van der Waals surface area contributed by atoms with Crippen molar-refractivity contribution in [3.8, 4) is 5.75 Å². The van der Waals surface area contributed by atoms with Gasteiger partial charge in [-0.15, -0.1) is 0 Å². The van der Waals surface area contributed by atoms with E-state index in [2.05, 4.69) is 20.9 Å². The fraction of sp³-hybridized carbons (Fsp3) is 0.400. The van der Waals surface area contributed by atoms with E-state index < -0.39 is 5.60 Å². The lowest BCUT2D eigenvalue weighted by Crippen LogP contribution is -2.36. The number of aromatic nitrogens is 1. The summed E-state index contributed by atoms with van der Waals surface area (Å²) >= 11 is 0. The predicted octanol–water partition coefficient (Wildman–Crippen LogP) is 2.55. The summed E-state index contributed by atoms with van der Waals surface area (Å²) in [5, 5.41) is 9.83. The smallest absolute Gasteiger partial charge is 0.129 e. The maximum atomic E-state index is 9.83. The molecule has 4 rings (SSSR count). The van der Waals surface area contributed by atoms with Crippen molar-refractivity contribution in [1.82, 2.24) is 4.98 Å². The number of fused-ring (bicyclic) bond motifs is 1. The van der Waals surface area contributed by atoms with Gasteiger partial charge in [0.2, 0.25) is 0 Å². The summed E-state index contributed by atoms with van der Waals surface area (Å²) in [5.41, 5.74) is 3.16. The third kappa shape index (κ3) is 3.57. The molecule has 1 aromatic heterocycles. The van der Waals surface area contributed by atoms with Crippen molar-refractivity contribution in [2.45, 2.75) is 19.4 Å². The van der Waals surface area contributed by atoms with Crippen LogP contribution in [0.25, 0.3) is 0 Å². The highest BCUT2D eigenvalue weighted by atomic mass is 16.5. The van der Waals surface area contributed by atoms with Gasteiger partial charge in [-0.25, -0.2) is 9.98 Å². The van der Waals surface area contributed by atoms with Gasteiger partial charge in [0.1, 0.15) is 18.2 Å². The average Bonchev–Trinajstić information content (AvgIpc) is 2.62. The molecule has 1 fully saturated rings. The van der Waals surface area contributed by atoms with Crippen molar-refractivity contribution < 1.29 is 14.6 Å². The minimum Gasteiger partial charge on any atom is -0.491 e. The third-order valence-corrected chi connectivity index (χ3v) is 4.40. The maximum absolute atomic E-state index is 9.83. The molecule has 0 amide bonds. The highest BCUT2D eigenvalue weighted by Crippen LogP contribution is 2.36. The third-order valence-electron chi connectivity index (χ3n) is 4.40. The number of aliphatic hydroxyl groups is 1. The van der Waals surface area contributed by atoms with E-state index in [1.165, 1.54) is 0 Å². The van der Waals surface area contributed by atoms with Crippen LogP contribution in [0, 0.1) is 0 Å². The molecule has 0 bridgehead atoms. The SMILES string of the molecule is CC(C)(O)COc1ccc2c(c1)C(c1ccnc(N3CCOCC3)c1)=N2. The van der Waals surface area contributed by atoms with Crippen LogP contribution in [-0.2, 0) is 4.74 Å². The van der Waals surface area contributed by atoms with Gasteiger partial charge in [0.25, 0.3) is 0 Å². The van der Waals surface area contributed by atoms with Gasteiger partial charge in [-0.2, -0.15) is 0 Å². The lowest BCUT2D eigenvalue weighted by molar-refractivity contribution is 0.0285. The predicted molar refractivity (Wildman–Crippen MR) is 101 cm³/mol. The topological polar surface area (TPSA) is 67.2 Å². The van der Waals surface area contributed by atoms with Crippen molar-refractivity contribution in [3.05, 3.63) is 47.7 Å². The first-order valence-electron chi connectivity index (χ1n) is 8.87. The standard InChI is InChI=1S/C20H23N3O3/c1-20(2,24)13-26-15-3-4-17-16(12-15)19(22-17)14-5-6-21-18(11-14)23-7-9-25-10-8-23/h3-6,11-12,24H,7-10,13H2,1-2H3. The molecule has 0 saturated carbocycles. The van der Waals surface area contributed by atoms with Crippen molar-refractivity contribution in [1.29, 1.82) is 0 Å². The number of anilines is 1. The van der Waals surface area contributed by atoms with E-state index in [4.69, 9.17) is 9.47 Å². The Morgan fingerprint density at radius 3 is 2.77 bits per heavy atom. The van der Waals surface area contributed by atoms with Crippen LogP contribution < -0.4 is 9.64 Å². The normalized spacial score (nSPS) is 16.6. The monoisotopic (exact) mass is 353 g/mol. The van der Waals surface area contributed by atoms with Gasteiger partial charge in [-0.3, -0.25) is 0 Å². The zero-order valence-corrected chi connectivity index (χ0v) is 15.1. The molecule has 1 N–H and O–H groups in total. The van der Waals surface area contributed by atoms with Crippen molar-refractivity contribution >= 4 is 17.2 Å². The molecule has 1 saturated heterocycles. The highest BCUT2D eigenvalue weighted by Gasteiger charge is 2.23. The Hall–Kier alpha value is -2.44. The van der Waals surface area contributed by atoms with Crippen LogP contribution in [-0.4, -0.2) is 54.3 Å². The largest absolute Gasteiger partial charge is 0.491 e. The van der Waals surface area contributed by atoms with E-state index in [-0.39, 0.29) is 6.61 Å². The summed E-state index contributed by atoms with van der Waals surface area (Å²) in [6.45, 7) is 6.88. The quantitative estimate of drug-likeness (QED) is 0.763. The highest BCUT2D eigenvalue weighted by molar-refractivity contribution is 6.22. The van der Waals surface area contributed by atoms with Crippen LogP contribution in [0.1, 0.15) is 25.0 Å². The first-order valence-corrected chi connectivity index (χ1v) is 8.87. The number of morpholine rings is 1. The van der Waals surface area contributed by atoms with E-state index in [1.807, 2.05) is 30.5 Å². The summed E-state index contributed by atoms with van der Waals surface area (Å²) in [6, 6.07) is 9.88. The molecular formula is C20H23N3O3. The average molecular weight is 353 g/mol. The Labute approximate surface area is 153 Å². The van der Waals surface area contributed by atoms with E-state index >= 15 is 0 Å². The van der Waals surface area contributed by atoms with Crippen LogP contribution in [0.3, 0.4) is 0 Å². The Kier molecular flexibility index (Phi) is 4.38. The van der Waals surface area contributed by atoms with E-state index in [1.54, 1.807) is 13.8 Å². The maximum Gasteiger partial charge on any atom is 0.129 e. The lowest BCUT2D eigenvalue weighted by atomic mass is 9.96. The summed E-state index contributed by atoms with van der Waals surface area (Å²) < 4.78 is 11.1. The zero-order chi connectivity index (χ0) is 18.1. The van der Waals surface area contributed by atoms with Gasteiger partial charge in [0.05, 0.1) is 30.2 Å². The number of benzene rings is 1. The number of hydrogen-bond donors (Lipinski definition) is 1. The van der Waals surface area contributed by atoms with Crippen LogP contribution in [0.5, 0.6) is 5.75 Å². The summed E-state index contributed by atoms with van der Waals surface area (Å²) in [6.07, 6.45) is 1.83. The summed E-state index contributed by atoms with van der Waals surface area (Å²) in [5.74, 6) is 1.69. The number of aliphatic imine (C=N–C) groups is 1. The number of hydrogen-bond acceptors (Lipinski definition) is 6. The molecular weight excluding hydrogens is 330 g/mol. The van der Waals surface area contributed by atoms with Crippen molar-refractivity contribution in [3.63, 3.8) is 0 Å². The van der Waals surface area contributed by atoms with Crippen LogP contribution in [0.15, 0.2) is 41.5 Å². The Morgan fingerprint density at radius 2 is 2.00 bits per heavy atom. The summed E-state index contributed by atoms with van der Waals surface area (Å²) in [4.78, 5) is 11.4. The first kappa shape index (κ1) is 17.0. The Bertz CT molecular complexity index is 836. The van der Waals surface area contributed by atoms with Crippen molar-refractivity contribution in [2.24, 2.45) is 4.99 Å². The van der Waals surface area contributed by atoms with Gasteiger partial charge in [-0.05, 0) is 44.2 Å². The van der Waals surface area contributed by atoms with Gasteiger partial charge >= 0.3 is 0 Å². The number of nitrogens with zero attached hydrogens (tertiary/aromatic N) is 3. The molecule has 0 unspecified atom stereocenters. The van der Waals surface area contributed by atoms with E-state index in [0.29, 0.717) is 0 Å². The minimum atomic E-state index is -0.863. The van der Waals surface area contributed by atoms with Crippen LogP contribution >= 0.6 is 0 Å². The fourth-order valence-electron chi connectivity index (χ4n) is 3.03. The molecule has 0 atom stereocenters. The van der Waals surface area contributed by atoms with Gasteiger partial charge in [0, 0.05) is 30.4 Å². The zero-order valence-electron chi connectivity index (χ0n) is 15.1. The molecule has 2 aliphatic rings. The second kappa shape index (κ2) is 6.70. The van der Waals surface area contributed by atoms with Crippen molar-refractivity contribution in [2.75, 3.05) is 37.8 Å². The Balaban J connectivity index is 1.53. The molecule has 1 aromatic carbocycles. The molecule has 136 valence electrons. The van der Waals surface area contributed by atoms with Crippen LogP contribution in [0.4, 0.5) is 11.5 Å². The van der Waals surface area contributed by atoms with E-state index in [0.717, 1.165) is 60.4 Å². The molecule has 0 aliphatic carbocycles. The second-order valence-corrected chi connectivity index (χ2v) is 7.24. The van der Waals surface area contributed by atoms with E-state index in [9.17, 15) is 5.11 Å². The van der Waals surface area contributed by atoms with Gasteiger partial charge < -0.3 is 19.5 Å².